The Balaban J connectivity index is 2.92. The van der Waals surface area contributed by atoms with Gasteiger partial charge < -0.3 is 4.90 Å². The molecule has 12 heavy (non-hydrogen) atoms. The number of hydrogen-bond donors (Lipinski definition) is 0. The molecule has 0 N–H and O–H groups in total. The number of hydrogen-bond acceptors (Lipinski definition) is 1. The number of nitrogens with zero attached hydrogens (tertiary/aromatic N) is 1. The van der Waals surface area contributed by atoms with Gasteiger partial charge in [0, 0.05) is 17.9 Å². The maximum absolute atomic E-state index is 4.01. The molecular weight excluding hydrogens is 146 g/mol. The second kappa shape index (κ2) is 3.18. The Bertz CT molecular complexity index is 256. The molecule has 0 radical (unpaired) electrons. The lowest BCUT2D eigenvalue weighted by Crippen LogP contribution is -2.25. The normalized spacial score (nSPS) is 18.1. The maximum Gasteiger partial charge on any atom is 0.0338 e. The van der Waals surface area contributed by atoms with Crippen LogP contribution in [0.15, 0.2) is 35.7 Å². The lowest BCUT2D eigenvalue weighted by molar-refractivity contribution is 0.390. The van der Waals surface area contributed by atoms with Crippen molar-refractivity contribution in [2.24, 2.45) is 0 Å². The highest BCUT2D eigenvalue weighted by molar-refractivity contribution is 5.38. The van der Waals surface area contributed by atoms with Gasteiger partial charge in [-0.1, -0.05) is 6.58 Å². The summed E-state index contributed by atoms with van der Waals surface area (Å²) in [5.74, 6) is 0. The van der Waals surface area contributed by atoms with Crippen molar-refractivity contribution in [3.8, 4) is 0 Å². The molecule has 0 saturated carbocycles. The Labute approximate surface area is 75.1 Å². The summed E-state index contributed by atoms with van der Waals surface area (Å²) >= 11 is 0. The lowest BCUT2D eigenvalue weighted by Gasteiger charge is -2.29. The van der Waals surface area contributed by atoms with Gasteiger partial charge in [-0.15, -0.1) is 0 Å². The van der Waals surface area contributed by atoms with Crippen molar-refractivity contribution >= 4 is 0 Å². The fraction of sp³-hybridized carbons (Fsp3) is 0.455. The van der Waals surface area contributed by atoms with E-state index in [1.807, 2.05) is 0 Å². The third kappa shape index (κ3) is 1.60. The van der Waals surface area contributed by atoms with Gasteiger partial charge in [-0.3, -0.25) is 0 Å². The molecular formula is C11H17N. The third-order valence-corrected chi connectivity index (χ3v) is 2.23. The van der Waals surface area contributed by atoms with Crippen LogP contribution in [-0.4, -0.2) is 10.9 Å². The van der Waals surface area contributed by atoms with Crippen molar-refractivity contribution in [3.05, 3.63) is 35.7 Å². The summed E-state index contributed by atoms with van der Waals surface area (Å²) in [6.45, 7) is 12.6. The topological polar surface area (TPSA) is 3.24 Å². The summed E-state index contributed by atoms with van der Waals surface area (Å²) in [6, 6.07) is 0.497. The number of rotatable bonds is 1. The van der Waals surface area contributed by atoms with Crippen molar-refractivity contribution in [3.63, 3.8) is 0 Å². The molecule has 0 aromatic heterocycles. The SMILES string of the molecule is C=C1C=C(C)C(C)=CN1C(C)C. The van der Waals surface area contributed by atoms with Crippen LogP contribution in [0, 0.1) is 0 Å². The van der Waals surface area contributed by atoms with E-state index in [1.54, 1.807) is 0 Å². The minimum Gasteiger partial charge on any atom is -0.346 e. The summed E-state index contributed by atoms with van der Waals surface area (Å²) in [6.07, 6.45) is 4.30. The second-order valence-electron chi connectivity index (χ2n) is 3.63. The Morgan fingerprint density at radius 2 is 1.83 bits per heavy atom. The fourth-order valence-corrected chi connectivity index (χ4v) is 1.31. The minimum absolute atomic E-state index is 0.497. The molecule has 0 fully saturated rings. The van der Waals surface area contributed by atoms with E-state index in [1.165, 1.54) is 11.1 Å². The highest BCUT2D eigenvalue weighted by Gasteiger charge is 2.12. The zero-order valence-electron chi connectivity index (χ0n) is 8.39. The predicted octanol–water partition coefficient (Wildman–Crippen LogP) is 3.07. The Morgan fingerprint density at radius 3 is 2.33 bits per heavy atom. The van der Waals surface area contributed by atoms with Crippen LogP contribution in [0.5, 0.6) is 0 Å². The second-order valence-corrected chi connectivity index (χ2v) is 3.63. The molecule has 1 aliphatic rings. The van der Waals surface area contributed by atoms with Crippen molar-refractivity contribution < 1.29 is 0 Å². The molecule has 0 spiro atoms. The Kier molecular flexibility index (Phi) is 2.41. The van der Waals surface area contributed by atoms with Crippen LogP contribution in [0.25, 0.3) is 0 Å². The first-order chi connectivity index (χ1) is 5.52. The molecule has 1 rings (SSSR count). The summed E-state index contributed by atoms with van der Waals surface area (Å²) < 4.78 is 0. The van der Waals surface area contributed by atoms with Gasteiger partial charge in [0.05, 0.1) is 0 Å². The average molecular weight is 163 g/mol. The third-order valence-electron chi connectivity index (χ3n) is 2.23. The van der Waals surface area contributed by atoms with Gasteiger partial charge in [-0.05, 0) is 44.9 Å². The Morgan fingerprint density at radius 1 is 1.25 bits per heavy atom. The van der Waals surface area contributed by atoms with Crippen molar-refractivity contribution in [2.45, 2.75) is 33.7 Å². The zero-order chi connectivity index (χ0) is 9.30. The van der Waals surface area contributed by atoms with Crippen LogP contribution in [0.1, 0.15) is 27.7 Å². The minimum atomic E-state index is 0.497. The highest BCUT2D eigenvalue weighted by Crippen LogP contribution is 2.22. The fourth-order valence-electron chi connectivity index (χ4n) is 1.31. The molecule has 0 bridgehead atoms. The first kappa shape index (κ1) is 9.11. The zero-order valence-corrected chi connectivity index (χ0v) is 8.39. The summed E-state index contributed by atoms with van der Waals surface area (Å²) in [5.41, 5.74) is 3.74. The molecule has 1 aliphatic heterocycles. The Hall–Kier alpha value is -0.980. The molecule has 1 nitrogen and oxygen atoms in total. The van der Waals surface area contributed by atoms with E-state index < -0.39 is 0 Å². The monoisotopic (exact) mass is 163 g/mol. The van der Waals surface area contributed by atoms with Crippen molar-refractivity contribution in [2.75, 3.05) is 0 Å². The number of allylic oxidation sites excluding steroid dienone is 3. The van der Waals surface area contributed by atoms with Gasteiger partial charge in [-0.25, -0.2) is 0 Å². The van der Waals surface area contributed by atoms with E-state index in [4.69, 9.17) is 0 Å². The van der Waals surface area contributed by atoms with Gasteiger partial charge in [0.25, 0.3) is 0 Å². The molecule has 0 aromatic carbocycles. The molecule has 0 saturated heterocycles. The van der Waals surface area contributed by atoms with Crippen LogP contribution in [-0.2, 0) is 0 Å². The molecule has 0 aromatic rings. The van der Waals surface area contributed by atoms with E-state index in [-0.39, 0.29) is 0 Å². The lowest BCUT2D eigenvalue weighted by atomic mass is 10.1. The summed E-state index contributed by atoms with van der Waals surface area (Å²) in [4.78, 5) is 2.20. The van der Waals surface area contributed by atoms with Gasteiger partial charge in [0.1, 0.15) is 0 Å². The van der Waals surface area contributed by atoms with Gasteiger partial charge >= 0.3 is 0 Å². The molecule has 0 atom stereocenters. The van der Waals surface area contributed by atoms with Gasteiger partial charge in [0.15, 0.2) is 0 Å². The molecule has 1 heteroatoms. The smallest absolute Gasteiger partial charge is 0.0338 e. The van der Waals surface area contributed by atoms with E-state index in [9.17, 15) is 0 Å². The van der Waals surface area contributed by atoms with E-state index in [0.29, 0.717) is 6.04 Å². The maximum atomic E-state index is 4.01. The van der Waals surface area contributed by atoms with Crippen molar-refractivity contribution in [1.82, 2.24) is 4.90 Å². The summed E-state index contributed by atoms with van der Waals surface area (Å²) in [5, 5.41) is 0. The van der Waals surface area contributed by atoms with Crippen LogP contribution in [0.2, 0.25) is 0 Å². The molecule has 1 heterocycles. The van der Waals surface area contributed by atoms with E-state index in [0.717, 1.165) is 5.70 Å². The van der Waals surface area contributed by atoms with Crippen LogP contribution >= 0.6 is 0 Å². The standard InChI is InChI=1S/C11H17N/c1-8(2)12-7-10(4)9(3)6-11(12)5/h6-8H,5H2,1-4H3. The van der Waals surface area contributed by atoms with Crippen molar-refractivity contribution in [1.29, 1.82) is 0 Å². The summed E-state index contributed by atoms with van der Waals surface area (Å²) in [7, 11) is 0. The van der Waals surface area contributed by atoms with Gasteiger partial charge in [-0.2, -0.15) is 0 Å². The highest BCUT2D eigenvalue weighted by atomic mass is 15.1. The first-order valence-corrected chi connectivity index (χ1v) is 4.36. The quantitative estimate of drug-likeness (QED) is 0.574. The largest absolute Gasteiger partial charge is 0.346 e. The molecule has 0 amide bonds. The van der Waals surface area contributed by atoms with Crippen LogP contribution in [0.4, 0.5) is 0 Å². The van der Waals surface area contributed by atoms with Gasteiger partial charge in [0.2, 0.25) is 0 Å². The molecule has 0 aliphatic carbocycles. The van der Waals surface area contributed by atoms with E-state index in [2.05, 4.69) is 51.4 Å². The average Bonchev–Trinajstić information content (AvgIpc) is 1.96. The van der Waals surface area contributed by atoms with E-state index >= 15 is 0 Å². The van der Waals surface area contributed by atoms with Crippen LogP contribution in [0.3, 0.4) is 0 Å². The predicted molar refractivity (Wildman–Crippen MR) is 53.6 cm³/mol. The van der Waals surface area contributed by atoms with Crippen LogP contribution < -0.4 is 0 Å². The molecule has 66 valence electrons. The molecule has 0 unspecified atom stereocenters. The first-order valence-electron chi connectivity index (χ1n) is 4.36.